The van der Waals surface area contributed by atoms with Gasteiger partial charge in [-0.15, -0.1) is 0 Å². The van der Waals surface area contributed by atoms with Crippen LogP contribution >= 0.6 is 0 Å². The monoisotopic (exact) mass is 544 g/mol. The molecular weight excluding hydrogens is 498 g/mol. The zero-order chi connectivity index (χ0) is 28.6. The van der Waals surface area contributed by atoms with Crippen LogP contribution in [0.5, 0.6) is 0 Å². The third-order valence-corrected chi connectivity index (χ3v) is 7.50. The summed E-state index contributed by atoms with van der Waals surface area (Å²) >= 11 is 0. The van der Waals surface area contributed by atoms with Gasteiger partial charge in [-0.1, -0.05) is 47.0 Å². The molecule has 0 bridgehead atoms. The van der Waals surface area contributed by atoms with Crippen LogP contribution in [0.1, 0.15) is 71.1 Å². The van der Waals surface area contributed by atoms with Gasteiger partial charge >= 0.3 is 0 Å². The van der Waals surface area contributed by atoms with Crippen molar-refractivity contribution in [3.05, 3.63) is 52.4 Å². The van der Waals surface area contributed by atoms with Gasteiger partial charge in [-0.05, 0) is 43.1 Å². The summed E-state index contributed by atoms with van der Waals surface area (Å²) in [7, 11) is 3.84. The van der Waals surface area contributed by atoms with Crippen molar-refractivity contribution in [1.29, 1.82) is 0 Å². The van der Waals surface area contributed by atoms with E-state index < -0.39 is 11.8 Å². The smallest absolute Gasteiger partial charge is 0.261 e. The van der Waals surface area contributed by atoms with Crippen molar-refractivity contribution in [1.82, 2.24) is 19.4 Å². The number of rotatable bonds is 8. The standard InChI is InChI=1S/C24H28F2N4O2.C5H12.C2H6/c1-28-7-9-30(10-8-28)14-18-11-20-22(32-18)21(15-29(2)23(20)31)19-5-6-27-13-16(19)3-4-17-12-24(17,25)26;1-3-5-4-2;1-2/h5-6,11,13,15,17H,3-4,7-10,12,14H2,1-2H3;3-5H2,1-2H3;1-2H3. The van der Waals surface area contributed by atoms with Gasteiger partial charge in [0.25, 0.3) is 11.5 Å². The summed E-state index contributed by atoms with van der Waals surface area (Å²) < 4.78 is 34.5. The number of pyridine rings is 2. The summed E-state index contributed by atoms with van der Waals surface area (Å²) in [5.41, 5.74) is 3.02. The van der Waals surface area contributed by atoms with Crippen LogP contribution in [0.4, 0.5) is 8.78 Å². The first-order valence-electron chi connectivity index (χ1n) is 14.6. The van der Waals surface area contributed by atoms with E-state index in [4.69, 9.17) is 4.42 Å². The first-order chi connectivity index (χ1) is 18.7. The fraction of sp³-hybridized carbons (Fsp3) is 0.613. The molecule has 1 saturated heterocycles. The number of aryl methyl sites for hydroxylation is 2. The van der Waals surface area contributed by atoms with E-state index in [-0.39, 0.29) is 12.0 Å². The summed E-state index contributed by atoms with van der Waals surface area (Å²) in [4.78, 5) is 21.7. The Kier molecular flexibility index (Phi) is 11.2. The van der Waals surface area contributed by atoms with Crippen LogP contribution in [-0.2, 0) is 20.0 Å². The van der Waals surface area contributed by atoms with Crippen molar-refractivity contribution in [3.8, 4) is 11.1 Å². The molecule has 1 saturated carbocycles. The average molecular weight is 545 g/mol. The number of unbranched alkanes of at least 4 members (excludes halogenated alkanes) is 2. The maximum atomic E-state index is 13.4. The van der Waals surface area contributed by atoms with Gasteiger partial charge in [-0.2, -0.15) is 0 Å². The second-order valence-corrected chi connectivity index (χ2v) is 10.6. The number of piperazine rings is 1. The molecule has 1 aliphatic heterocycles. The minimum Gasteiger partial charge on any atom is -0.459 e. The lowest BCUT2D eigenvalue weighted by Crippen LogP contribution is -2.43. The van der Waals surface area contributed by atoms with Gasteiger partial charge < -0.3 is 13.9 Å². The van der Waals surface area contributed by atoms with Crippen LogP contribution in [-0.4, -0.2) is 58.5 Å². The summed E-state index contributed by atoms with van der Waals surface area (Å²) in [6.45, 7) is 13.0. The molecule has 216 valence electrons. The van der Waals surface area contributed by atoms with E-state index >= 15 is 0 Å². The SMILES string of the molecule is CC.CCCCC.CN1CCN(Cc2cc3c(=O)n(C)cc(-c4ccncc4CCC4CC4(F)F)c3o2)CC1. The molecule has 3 aromatic heterocycles. The van der Waals surface area contributed by atoms with E-state index in [0.717, 1.165) is 48.6 Å². The largest absolute Gasteiger partial charge is 0.459 e. The molecule has 1 unspecified atom stereocenters. The molecule has 0 radical (unpaired) electrons. The number of alkyl halides is 2. The molecule has 39 heavy (non-hydrogen) atoms. The van der Waals surface area contributed by atoms with Crippen molar-refractivity contribution < 1.29 is 13.2 Å². The fourth-order valence-electron chi connectivity index (χ4n) is 4.95. The van der Waals surface area contributed by atoms with E-state index in [1.54, 1.807) is 30.2 Å². The molecule has 4 heterocycles. The summed E-state index contributed by atoms with van der Waals surface area (Å²) in [6, 6.07) is 3.73. The Morgan fingerprint density at radius 3 is 2.33 bits per heavy atom. The van der Waals surface area contributed by atoms with Gasteiger partial charge in [-0.3, -0.25) is 14.7 Å². The first-order valence-corrected chi connectivity index (χ1v) is 14.6. The van der Waals surface area contributed by atoms with Crippen molar-refractivity contribution in [2.24, 2.45) is 13.0 Å². The molecule has 2 aliphatic rings. The zero-order valence-electron chi connectivity index (χ0n) is 24.6. The topological polar surface area (TPSA) is 54.5 Å². The van der Waals surface area contributed by atoms with Crippen molar-refractivity contribution in [2.75, 3.05) is 33.2 Å². The Balaban J connectivity index is 0.000000542. The van der Waals surface area contributed by atoms with E-state index in [2.05, 4.69) is 35.7 Å². The maximum absolute atomic E-state index is 13.4. The number of nitrogens with zero attached hydrogens (tertiary/aromatic N) is 4. The van der Waals surface area contributed by atoms with E-state index in [0.29, 0.717) is 30.4 Å². The molecule has 1 aliphatic carbocycles. The van der Waals surface area contributed by atoms with Crippen LogP contribution < -0.4 is 5.56 Å². The third-order valence-electron chi connectivity index (χ3n) is 7.50. The number of hydrogen-bond donors (Lipinski definition) is 0. The van der Waals surface area contributed by atoms with E-state index in [1.807, 2.05) is 26.0 Å². The Hall–Kier alpha value is -2.58. The van der Waals surface area contributed by atoms with Gasteiger partial charge in [0.15, 0.2) is 0 Å². The lowest BCUT2D eigenvalue weighted by atomic mass is 9.98. The lowest BCUT2D eigenvalue weighted by molar-refractivity contribution is 0.0971. The zero-order valence-corrected chi connectivity index (χ0v) is 24.6. The quantitative estimate of drug-likeness (QED) is 0.314. The van der Waals surface area contributed by atoms with Crippen LogP contribution in [0.25, 0.3) is 22.1 Å². The van der Waals surface area contributed by atoms with Gasteiger partial charge in [0, 0.05) is 69.7 Å². The molecule has 0 N–H and O–H groups in total. The minimum absolute atomic E-state index is 0.0273. The molecule has 0 spiro atoms. The third kappa shape index (κ3) is 7.98. The normalized spacial score (nSPS) is 18.7. The van der Waals surface area contributed by atoms with Gasteiger partial charge in [0.1, 0.15) is 11.3 Å². The number of hydrogen-bond acceptors (Lipinski definition) is 5. The van der Waals surface area contributed by atoms with E-state index in [9.17, 15) is 13.6 Å². The Bertz CT molecular complexity index is 1240. The molecule has 5 rings (SSSR count). The molecule has 2 fully saturated rings. The van der Waals surface area contributed by atoms with Crippen molar-refractivity contribution in [2.45, 2.75) is 78.7 Å². The number of aromatic nitrogens is 2. The number of furan rings is 1. The highest BCUT2D eigenvalue weighted by Gasteiger charge is 2.55. The Morgan fingerprint density at radius 2 is 1.74 bits per heavy atom. The summed E-state index contributed by atoms with van der Waals surface area (Å²) in [6.07, 6.45) is 10.2. The summed E-state index contributed by atoms with van der Waals surface area (Å²) in [5.74, 6) is -2.30. The van der Waals surface area contributed by atoms with Gasteiger partial charge in [-0.25, -0.2) is 8.78 Å². The predicted octanol–water partition coefficient (Wildman–Crippen LogP) is 6.75. The number of halogens is 2. The molecule has 8 heteroatoms. The maximum Gasteiger partial charge on any atom is 0.261 e. The van der Waals surface area contributed by atoms with Crippen molar-refractivity contribution >= 4 is 11.0 Å². The molecule has 6 nitrogen and oxygen atoms in total. The molecule has 1 atom stereocenters. The van der Waals surface area contributed by atoms with Crippen LogP contribution in [0.2, 0.25) is 0 Å². The Labute approximate surface area is 232 Å². The minimum atomic E-state index is -2.52. The Morgan fingerprint density at radius 1 is 1.08 bits per heavy atom. The fourth-order valence-corrected chi connectivity index (χ4v) is 4.95. The highest BCUT2D eigenvalue weighted by atomic mass is 19.3. The lowest BCUT2D eigenvalue weighted by Gasteiger charge is -2.31. The van der Waals surface area contributed by atoms with E-state index in [1.165, 1.54) is 19.3 Å². The first kappa shape index (κ1) is 31.0. The second kappa shape index (κ2) is 14.2. The summed E-state index contributed by atoms with van der Waals surface area (Å²) in [5, 5.41) is 0.547. The molecule has 0 aromatic carbocycles. The molecular formula is C31H46F2N4O2. The number of likely N-dealkylation sites (N-methyl/N-ethyl adjacent to an activating group) is 1. The van der Waals surface area contributed by atoms with Crippen LogP contribution in [0.15, 0.2) is 39.9 Å². The average Bonchev–Trinajstić information content (AvgIpc) is 3.33. The number of fused-ring (bicyclic) bond motifs is 1. The van der Waals surface area contributed by atoms with Gasteiger partial charge in [0.2, 0.25) is 0 Å². The molecule has 0 amide bonds. The highest BCUT2D eigenvalue weighted by molar-refractivity contribution is 5.92. The molecule has 3 aromatic rings. The predicted molar refractivity (Wildman–Crippen MR) is 155 cm³/mol. The highest BCUT2D eigenvalue weighted by Crippen LogP contribution is 2.51. The van der Waals surface area contributed by atoms with Crippen molar-refractivity contribution in [3.63, 3.8) is 0 Å². The second-order valence-electron chi connectivity index (χ2n) is 10.6. The van der Waals surface area contributed by atoms with Crippen LogP contribution in [0.3, 0.4) is 0 Å². The van der Waals surface area contributed by atoms with Crippen LogP contribution in [0, 0.1) is 5.92 Å². The van der Waals surface area contributed by atoms with Gasteiger partial charge in [0.05, 0.1) is 11.9 Å².